The summed E-state index contributed by atoms with van der Waals surface area (Å²) >= 11 is 9.56. The molecule has 0 saturated heterocycles. The Morgan fingerprint density at radius 1 is 0.379 bits per heavy atom. The molecule has 0 saturated carbocycles. The largest absolute Gasteiger partial charge is 0.492 e. The number of hydrogen-bond acceptors (Lipinski definition) is 6. The topological polar surface area (TPSA) is 93.0 Å². The van der Waals surface area contributed by atoms with Gasteiger partial charge in [0.2, 0.25) is 0 Å². The van der Waals surface area contributed by atoms with Crippen LogP contribution in [0.1, 0.15) is 0 Å². The van der Waals surface area contributed by atoms with Gasteiger partial charge in [0.05, 0.1) is 3.57 Å². The summed E-state index contributed by atoms with van der Waals surface area (Å²) in [5.74, 6) is 0. The molecule has 0 atom stereocenters. The SMILES string of the molecule is Brc1ccc(-c2cccc3c2oc2ccccc23)c2oc3ccccc3c12.Brc1ccc(I)c2oc3ccccc3c12.OB(O)c1cccc2c1oc1ccccc12. The highest BCUT2D eigenvalue weighted by Crippen LogP contribution is 2.43. The maximum Gasteiger partial charge on any atom is 0.492 e. The van der Waals surface area contributed by atoms with Crippen LogP contribution < -0.4 is 5.46 Å². The molecule has 0 radical (unpaired) electrons. The molecule has 4 heterocycles. The number of fused-ring (bicyclic) bond motifs is 12. The summed E-state index contributed by atoms with van der Waals surface area (Å²) in [6.07, 6.45) is 0. The first kappa shape index (κ1) is 36.9. The van der Waals surface area contributed by atoms with Crippen molar-refractivity contribution in [2.75, 3.05) is 0 Å². The quantitative estimate of drug-likeness (QED) is 0.132. The number of rotatable bonds is 2. The molecular formula is C48H28BBr2IO6. The zero-order valence-electron chi connectivity index (χ0n) is 30.2. The zero-order valence-corrected chi connectivity index (χ0v) is 35.6. The van der Waals surface area contributed by atoms with Crippen molar-refractivity contribution < 1.29 is 27.7 Å². The van der Waals surface area contributed by atoms with Crippen LogP contribution in [0.5, 0.6) is 0 Å². The molecule has 0 aliphatic carbocycles. The Bertz CT molecular complexity index is 3510. The van der Waals surface area contributed by atoms with Gasteiger partial charge in [-0.3, -0.25) is 0 Å². The summed E-state index contributed by atoms with van der Waals surface area (Å²) in [5, 5.41) is 27.2. The number of para-hydroxylation sites is 6. The Labute approximate surface area is 361 Å². The molecule has 2 N–H and O–H groups in total. The fraction of sp³-hybridized carbons (Fsp3) is 0. The Morgan fingerprint density at radius 2 is 0.793 bits per heavy atom. The molecule has 0 aliphatic rings. The number of furan rings is 4. The van der Waals surface area contributed by atoms with Gasteiger partial charge in [-0.1, -0.05) is 141 Å². The van der Waals surface area contributed by atoms with Crippen molar-refractivity contribution >= 4 is 155 Å². The first-order valence-electron chi connectivity index (χ1n) is 18.4. The van der Waals surface area contributed by atoms with Gasteiger partial charge >= 0.3 is 7.12 Å². The second-order valence-corrected chi connectivity index (χ2v) is 16.6. The monoisotopic (exact) mass is 996 g/mol. The lowest BCUT2D eigenvalue weighted by Crippen LogP contribution is -2.29. The van der Waals surface area contributed by atoms with Crippen molar-refractivity contribution in [2.45, 2.75) is 0 Å². The van der Waals surface area contributed by atoms with E-state index in [9.17, 15) is 10.0 Å². The van der Waals surface area contributed by atoms with Crippen LogP contribution in [0.4, 0.5) is 0 Å². The standard InChI is InChI=1S/C24H13BrO2.C12H9BO3.C12H6BrIO/c25-19-13-12-17(24-22(19)18-7-2-4-11-21(18)27-24)16-9-5-8-15-14-6-1-3-10-20(14)26-23(15)16;14-13(15)10-6-3-5-9-8-4-1-2-7-11(8)16-12(9)10;13-8-5-6-9(14)12-11(8)7-3-1-2-4-10(7)15-12/h1-13H;1-7,14-15H;1-6H. The van der Waals surface area contributed by atoms with Gasteiger partial charge in [-0.25, -0.2) is 0 Å². The molecule has 6 nitrogen and oxygen atoms in total. The van der Waals surface area contributed by atoms with E-state index in [0.29, 0.717) is 11.0 Å². The molecule has 0 amide bonds. The fourth-order valence-electron chi connectivity index (χ4n) is 7.69. The van der Waals surface area contributed by atoms with E-state index in [-0.39, 0.29) is 0 Å². The van der Waals surface area contributed by atoms with E-state index in [1.165, 1.54) is 0 Å². The second-order valence-electron chi connectivity index (χ2n) is 13.7. The van der Waals surface area contributed by atoms with E-state index in [0.717, 1.165) is 106 Å². The Kier molecular flexibility index (Phi) is 9.62. The van der Waals surface area contributed by atoms with Gasteiger partial charge in [0.25, 0.3) is 0 Å². The van der Waals surface area contributed by atoms with Crippen LogP contribution in [-0.4, -0.2) is 17.2 Å². The third-order valence-electron chi connectivity index (χ3n) is 10.3. The van der Waals surface area contributed by atoms with Gasteiger partial charge in [0.15, 0.2) is 0 Å². The highest BCUT2D eigenvalue weighted by molar-refractivity contribution is 14.1. The summed E-state index contributed by atoms with van der Waals surface area (Å²) in [4.78, 5) is 0. The van der Waals surface area contributed by atoms with E-state index in [4.69, 9.17) is 17.7 Å². The van der Waals surface area contributed by atoms with Crippen molar-refractivity contribution in [3.05, 3.63) is 170 Å². The number of hydrogen-bond donors (Lipinski definition) is 2. The molecule has 0 unspecified atom stereocenters. The third-order valence-corrected chi connectivity index (χ3v) is 12.5. The normalized spacial score (nSPS) is 11.5. The minimum Gasteiger partial charge on any atom is -0.456 e. The highest BCUT2D eigenvalue weighted by atomic mass is 127. The molecule has 12 rings (SSSR count). The lowest BCUT2D eigenvalue weighted by atomic mass is 9.79. The lowest BCUT2D eigenvalue weighted by Gasteiger charge is -2.05. The molecule has 0 spiro atoms. The zero-order chi connectivity index (χ0) is 39.5. The van der Waals surface area contributed by atoms with Crippen molar-refractivity contribution in [3.8, 4) is 11.1 Å². The molecule has 10 heteroatoms. The van der Waals surface area contributed by atoms with Crippen LogP contribution in [0.15, 0.2) is 184 Å². The molecular weight excluding hydrogens is 970 g/mol. The maximum absolute atomic E-state index is 9.24. The summed E-state index contributed by atoms with van der Waals surface area (Å²) < 4.78 is 27.2. The highest BCUT2D eigenvalue weighted by Gasteiger charge is 2.20. The van der Waals surface area contributed by atoms with Gasteiger partial charge in [-0.2, -0.15) is 0 Å². The molecule has 0 bridgehead atoms. The lowest BCUT2D eigenvalue weighted by molar-refractivity contribution is 0.425. The van der Waals surface area contributed by atoms with E-state index in [2.05, 4.69) is 115 Å². The van der Waals surface area contributed by atoms with Crippen molar-refractivity contribution in [2.24, 2.45) is 0 Å². The number of halogens is 3. The van der Waals surface area contributed by atoms with Crippen LogP contribution in [-0.2, 0) is 0 Å². The van der Waals surface area contributed by atoms with Crippen LogP contribution in [0.3, 0.4) is 0 Å². The molecule has 8 aromatic carbocycles. The summed E-state index contributed by atoms with van der Waals surface area (Å²) in [5.41, 5.74) is 9.23. The summed E-state index contributed by atoms with van der Waals surface area (Å²) in [6, 6.07) is 52.0. The first-order valence-corrected chi connectivity index (χ1v) is 21.0. The molecule has 0 fully saturated rings. The molecule has 12 aromatic rings. The van der Waals surface area contributed by atoms with E-state index < -0.39 is 7.12 Å². The van der Waals surface area contributed by atoms with Crippen LogP contribution >= 0.6 is 54.5 Å². The average molecular weight is 998 g/mol. The van der Waals surface area contributed by atoms with Gasteiger partial charge in [0, 0.05) is 68.6 Å². The van der Waals surface area contributed by atoms with Crippen LogP contribution in [0.2, 0.25) is 0 Å². The maximum atomic E-state index is 9.24. The smallest absolute Gasteiger partial charge is 0.456 e. The van der Waals surface area contributed by atoms with Crippen molar-refractivity contribution in [1.29, 1.82) is 0 Å². The van der Waals surface area contributed by atoms with Crippen molar-refractivity contribution in [3.63, 3.8) is 0 Å². The molecule has 4 aromatic heterocycles. The predicted molar refractivity (Wildman–Crippen MR) is 252 cm³/mol. The minimum atomic E-state index is -1.51. The van der Waals surface area contributed by atoms with Crippen LogP contribution in [0, 0.1) is 3.57 Å². The van der Waals surface area contributed by atoms with Gasteiger partial charge in [-0.15, -0.1) is 0 Å². The summed E-state index contributed by atoms with van der Waals surface area (Å²) in [6.45, 7) is 0. The first-order chi connectivity index (χ1) is 28.4. The van der Waals surface area contributed by atoms with E-state index in [1.807, 2.05) is 84.9 Å². The predicted octanol–water partition coefficient (Wildman–Crippen LogP) is 14.1. The Balaban J connectivity index is 0.000000113. The van der Waals surface area contributed by atoms with Crippen molar-refractivity contribution in [1.82, 2.24) is 0 Å². The minimum absolute atomic E-state index is 0.397. The average Bonchev–Trinajstić information content (AvgIpc) is 4.03. The second kappa shape index (κ2) is 15.1. The third kappa shape index (κ3) is 6.31. The molecule has 0 aliphatic heterocycles. The van der Waals surface area contributed by atoms with Gasteiger partial charge in [0.1, 0.15) is 44.7 Å². The van der Waals surface area contributed by atoms with Gasteiger partial charge < -0.3 is 27.7 Å². The Morgan fingerprint density at radius 3 is 1.40 bits per heavy atom. The van der Waals surface area contributed by atoms with E-state index >= 15 is 0 Å². The number of benzene rings is 8. The fourth-order valence-corrected chi connectivity index (χ4v) is 9.30. The molecule has 280 valence electrons. The Hall–Kier alpha value is -5.37. The van der Waals surface area contributed by atoms with Gasteiger partial charge in [-0.05, 0) is 71.1 Å². The summed E-state index contributed by atoms with van der Waals surface area (Å²) in [7, 11) is -1.51. The van der Waals surface area contributed by atoms with Crippen LogP contribution in [0.25, 0.3) is 98.9 Å². The van der Waals surface area contributed by atoms with E-state index in [1.54, 1.807) is 12.1 Å². The molecule has 58 heavy (non-hydrogen) atoms.